The zero-order chi connectivity index (χ0) is 10.4. The summed E-state index contributed by atoms with van der Waals surface area (Å²) in [6, 6.07) is 1.70. The van der Waals surface area contributed by atoms with Crippen molar-refractivity contribution in [3.8, 4) is 0 Å². The Bertz CT molecular complexity index is 365. The Morgan fingerprint density at radius 3 is 2.57 bits per heavy atom. The Hall–Kier alpha value is -1.21. The van der Waals surface area contributed by atoms with Gasteiger partial charge in [-0.15, -0.1) is 0 Å². The van der Waals surface area contributed by atoms with Gasteiger partial charge in [-0.05, 0) is 12.5 Å². The van der Waals surface area contributed by atoms with E-state index in [0.717, 1.165) is 0 Å². The first kappa shape index (κ1) is 10.9. The SMILES string of the molecule is NS(=O)(=O)CCCNc1ncccn1. The molecule has 14 heavy (non-hydrogen) atoms. The highest BCUT2D eigenvalue weighted by Crippen LogP contribution is 1.94. The number of rotatable bonds is 5. The first-order valence-corrected chi connectivity index (χ1v) is 5.81. The van der Waals surface area contributed by atoms with Crippen molar-refractivity contribution in [2.45, 2.75) is 6.42 Å². The van der Waals surface area contributed by atoms with E-state index in [1.807, 2.05) is 0 Å². The molecular formula is C7H12N4O2S. The minimum Gasteiger partial charge on any atom is -0.354 e. The molecular weight excluding hydrogens is 204 g/mol. The van der Waals surface area contributed by atoms with E-state index in [1.54, 1.807) is 18.5 Å². The minimum absolute atomic E-state index is 0.0349. The largest absolute Gasteiger partial charge is 0.354 e. The normalized spacial score (nSPS) is 11.2. The second-order valence-corrected chi connectivity index (χ2v) is 4.45. The summed E-state index contributed by atoms with van der Waals surface area (Å²) in [7, 11) is -3.36. The fourth-order valence-corrected chi connectivity index (χ4v) is 1.41. The van der Waals surface area contributed by atoms with Gasteiger partial charge >= 0.3 is 0 Å². The first-order valence-electron chi connectivity index (χ1n) is 4.09. The molecule has 0 bridgehead atoms. The van der Waals surface area contributed by atoms with Gasteiger partial charge in [0.2, 0.25) is 16.0 Å². The molecule has 0 unspecified atom stereocenters. The molecule has 0 aliphatic heterocycles. The van der Waals surface area contributed by atoms with Crippen LogP contribution in [0.25, 0.3) is 0 Å². The Labute approximate surface area is 82.6 Å². The summed E-state index contributed by atoms with van der Waals surface area (Å²) >= 11 is 0. The molecule has 0 radical (unpaired) electrons. The Morgan fingerprint density at radius 2 is 2.00 bits per heavy atom. The average Bonchev–Trinajstić information content (AvgIpc) is 2.13. The molecule has 3 N–H and O–H groups in total. The van der Waals surface area contributed by atoms with Gasteiger partial charge in [-0.1, -0.05) is 0 Å². The van der Waals surface area contributed by atoms with E-state index in [0.29, 0.717) is 18.9 Å². The molecule has 0 saturated heterocycles. The van der Waals surface area contributed by atoms with Gasteiger partial charge in [-0.25, -0.2) is 23.5 Å². The van der Waals surface area contributed by atoms with Crippen molar-refractivity contribution in [1.29, 1.82) is 0 Å². The summed E-state index contributed by atoms with van der Waals surface area (Å²) in [5.41, 5.74) is 0. The topological polar surface area (TPSA) is 98.0 Å². The van der Waals surface area contributed by atoms with Crippen LogP contribution in [0.5, 0.6) is 0 Å². The Morgan fingerprint density at radius 1 is 1.36 bits per heavy atom. The molecule has 0 aliphatic rings. The van der Waals surface area contributed by atoms with Gasteiger partial charge in [0.05, 0.1) is 5.75 Å². The fourth-order valence-electron chi connectivity index (χ4n) is 0.864. The number of hydrogen-bond donors (Lipinski definition) is 2. The minimum atomic E-state index is -3.36. The summed E-state index contributed by atoms with van der Waals surface area (Å²) < 4.78 is 21.1. The molecule has 6 nitrogen and oxygen atoms in total. The van der Waals surface area contributed by atoms with Gasteiger partial charge in [0.1, 0.15) is 0 Å². The molecule has 0 fully saturated rings. The third-order valence-corrected chi connectivity index (χ3v) is 2.31. The smallest absolute Gasteiger partial charge is 0.222 e. The highest BCUT2D eigenvalue weighted by atomic mass is 32.2. The van der Waals surface area contributed by atoms with Crippen LogP contribution in [0.2, 0.25) is 0 Å². The summed E-state index contributed by atoms with van der Waals surface area (Å²) in [6.45, 7) is 0.487. The number of anilines is 1. The van der Waals surface area contributed by atoms with Crippen LogP contribution in [0, 0.1) is 0 Å². The van der Waals surface area contributed by atoms with Crippen molar-refractivity contribution in [3.05, 3.63) is 18.5 Å². The van der Waals surface area contributed by atoms with Crippen molar-refractivity contribution >= 4 is 16.0 Å². The molecule has 0 aromatic carbocycles. The van der Waals surface area contributed by atoms with Crippen LogP contribution < -0.4 is 10.5 Å². The van der Waals surface area contributed by atoms with E-state index < -0.39 is 10.0 Å². The van der Waals surface area contributed by atoms with E-state index in [1.165, 1.54) is 0 Å². The lowest BCUT2D eigenvalue weighted by Gasteiger charge is -2.02. The standard InChI is InChI=1S/C7H12N4O2S/c8-14(12,13)6-2-5-11-7-9-3-1-4-10-7/h1,3-4H,2,5-6H2,(H2,8,12,13)(H,9,10,11). The van der Waals surface area contributed by atoms with Crippen LogP contribution in [-0.2, 0) is 10.0 Å². The number of primary sulfonamides is 1. The summed E-state index contributed by atoms with van der Waals surface area (Å²) in [4.78, 5) is 7.82. The van der Waals surface area contributed by atoms with Crippen molar-refractivity contribution in [2.24, 2.45) is 5.14 Å². The second-order valence-electron chi connectivity index (χ2n) is 2.72. The molecule has 0 spiro atoms. The highest BCUT2D eigenvalue weighted by Gasteiger charge is 2.01. The average molecular weight is 216 g/mol. The fraction of sp³-hybridized carbons (Fsp3) is 0.429. The number of aromatic nitrogens is 2. The molecule has 1 aromatic rings. The van der Waals surface area contributed by atoms with Crippen LogP contribution in [-0.4, -0.2) is 30.7 Å². The lowest BCUT2D eigenvalue weighted by Crippen LogP contribution is -2.19. The predicted molar refractivity (Wildman–Crippen MR) is 53.1 cm³/mol. The van der Waals surface area contributed by atoms with E-state index >= 15 is 0 Å². The van der Waals surface area contributed by atoms with Crippen LogP contribution in [0.15, 0.2) is 18.5 Å². The van der Waals surface area contributed by atoms with E-state index in [-0.39, 0.29) is 5.75 Å². The zero-order valence-corrected chi connectivity index (χ0v) is 8.37. The lowest BCUT2D eigenvalue weighted by atomic mass is 10.5. The van der Waals surface area contributed by atoms with E-state index in [4.69, 9.17) is 5.14 Å². The molecule has 78 valence electrons. The van der Waals surface area contributed by atoms with E-state index in [9.17, 15) is 8.42 Å². The molecule has 0 aliphatic carbocycles. The zero-order valence-electron chi connectivity index (χ0n) is 7.55. The van der Waals surface area contributed by atoms with Crippen LogP contribution in [0.4, 0.5) is 5.95 Å². The summed E-state index contributed by atoms with van der Waals surface area (Å²) in [5, 5.41) is 7.70. The number of sulfonamides is 1. The van der Waals surface area contributed by atoms with Crippen LogP contribution in [0.3, 0.4) is 0 Å². The van der Waals surface area contributed by atoms with Gasteiger partial charge in [-0.2, -0.15) is 0 Å². The van der Waals surface area contributed by atoms with Crippen molar-refractivity contribution in [3.63, 3.8) is 0 Å². The predicted octanol–water partition coefficient (Wildman–Crippen LogP) is -0.433. The van der Waals surface area contributed by atoms with Gasteiger partial charge in [0.15, 0.2) is 0 Å². The maximum Gasteiger partial charge on any atom is 0.222 e. The third kappa shape index (κ3) is 4.73. The molecule has 1 heterocycles. The van der Waals surface area contributed by atoms with E-state index in [2.05, 4.69) is 15.3 Å². The quantitative estimate of drug-likeness (QED) is 0.651. The first-order chi connectivity index (χ1) is 6.58. The Balaban J connectivity index is 2.23. The maximum absolute atomic E-state index is 10.6. The van der Waals surface area contributed by atoms with Gasteiger partial charge in [-0.3, -0.25) is 0 Å². The monoisotopic (exact) mass is 216 g/mol. The van der Waals surface area contributed by atoms with Crippen molar-refractivity contribution in [1.82, 2.24) is 9.97 Å². The summed E-state index contributed by atoms with van der Waals surface area (Å²) in [6.07, 6.45) is 3.65. The lowest BCUT2D eigenvalue weighted by molar-refractivity contribution is 0.595. The van der Waals surface area contributed by atoms with Crippen molar-refractivity contribution < 1.29 is 8.42 Å². The highest BCUT2D eigenvalue weighted by molar-refractivity contribution is 7.89. The number of nitrogens with one attached hydrogen (secondary N) is 1. The number of nitrogens with zero attached hydrogens (tertiary/aromatic N) is 2. The van der Waals surface area contributed by atoms with Crippen molar-refractivity contribution in [2.75, 3.05) is 17.6 Å². The summed E-state index contributed by atoms with van der Waals surface area (Å²) in [5.74, 6) is 0.453. The molecule has 0 saturated carbocycles. The van der Waals surface area contributed by atoms with Crippen LogP contribution in [0.1, 0.15) is 6.42 Å². The number of nitrogens with two attached hydrogens (primary N) is 1. The molecule has 0 atom stereocenters. The van der Waals surface area contributed by atoms with Gasteiger partial charge in [0, 0.05) is 18.9 Å². The number of hydrogen-bond acceptors (Lipinski definition) is 5. The molecule has 0 amide bonds. The van der Waals surface area contributed by atoms with Gasteiger partial charge < -0.3 is 5.32 Å². The molecule has 7 heteroatoms. The Kier molecular flexibility index (Phi) is 3.78. The van der Waals surface area contributed by atoms with Gasteiger partial charge in [0.25, 0.3) is 0 Å². The molecule has 1 aromatic heterocycles. The molecule has 1 rings (SSSR count). The van der Waals surface area contributed by atoms with Crippen LogP contribution >= 0.6 is 0 Å². The third-order valence-electron chi connectivity index (χ3n) is 1.45. The second kappa shape index (κ2) is 4.87. The maximum atomic E-state index is 10.6.